The van der Waals surface area contributed by atoms with Crippen LogP contribution in [0.2, 0.25) is 0 Å². The summed E-state index contributed by atoms with van der Waals surface area (Å²) < 4.78 is 1.19. The maximum atomic E-state index is 3.59. The van der Waals surface area contributed by atoms with Crippen molar-refractivity contribution in [1.29, 1.82) is 0 Å². The highest BCUT2D eigenvalue weighted by atomic mass is 79.9. The van der Waals surface area contributed by atoms with Gasteiger partial charge in [-0.05, 0) is 36.8 Å². The molecular formula is C13H9BrS2. The van der Waals surface area contributed by atoms with Crippen molar-refractivity contribution in [2.24, 2.45) is 0 Å². The molecule has 0 radical (unpaired) electrons. The maximum Gasteiger partial charge on any atom is 0.0302 e. The zero-order chi connectivity index (χ0) is 11.1. The van der Waals surface area contributed by atoms with Gasteiger partial charge in [0.15, 0.2) is 0 Å². The van der Waals surface area contributed by atoms with Crippen LogP contribution >= 0.6 is 39.5 Å². The Morgan fingerprint density at radius 3 is 2.31 bits per heavy atom. The molecule has 1 aliphatic heterocycles. The van der Waals surface area contributed by atoms with Crippen LogP contribution in [0.4, 0.5) is 0 Å². The lowest BCUT2D eigenvalue weighted by molar-refractivity contribution is 1.11. The molecule has 0 nitrogen and oxygen atoms in total. The number of hydrogen-bond donors (Lipinski definition) is 0. The van der Waals surface area contributed by atoms with Crippen molar-refractivity contribution in [2.75, 3.05) is 0 Å². The fraction of sp³-hybridized carbons (Fsp3) is 0.0769. The van der Waals surface area contributed by atoms with E-state index >= 15 is 0 Å². The van der Waals surface area contributed by atoms with Crippen LogP contribution in [0, 0.1) is 6.92 Å². The van der Waals surface area contributed by atoms with Crippen molar-refractivity contribution in [1.82, 2.24) is 0 Å². The van der Waals surface area contributed by atoms with Gasteiger partial charge in [0.1, 0.15) is 0 Å². The van der Waals surface area contributed by atoms with Crippen molar-refractivity contribution >= 4 is 39.5 Å². The lowest BCUT2D eigenvalue weighted by atomic mass is 10.2. The third-order valence-corrected chi connectivity index (χ3v) is 6.14. The fourth-order valence-electron chi connectivity index (χ4n) is 1.70. The summed E-state index contributed by atoms with van der Waals surface area (Å²) in [5.74, 6) is 0. The normalized spacial score (nSPS) is 13.1. The van der Waals surface area contributed by atoms with E-state index in [1.807, 2.05) is 23.5 Å². The molecule has 1 heterocycles. The molecule has 0 unspecified atom stereocenters. The third kappa shape index (κ3) is 1.71. The van der Waals surface area contributed by atoms with Crippen LogP contribution in [0.25, 0.3) is 0 Å². The van der Waals surface area contributed by atoms with Crippen molar-refractivity contribution in [3.05, 3.63) is 46.4 Å². The topological polar surface area (TPSA) is 0 Å². The standard InChI is InChI=1S/C13H9BrS2/c1-8-9(14)6-7-12-13(8)16-11-5-3-2-4-10(11)15-12/h2-7H,1H3. The molecule has 0 bridgehead atoms. The maximum absolute atomic E-state index is 3.59. The summed E-state index contributed by atoms with van der Waals surface area (Å²) in [5, 5.41) is 0. The Bertz CT molecular complexity index is 564. The van der Waals surface area contributed by atoms with Gasteiger partial charge in [0.2, 0.25) is 0 Å². The second-order valence-corrected chi connectivity index (χ2v) is 6.64. The summed E-state index contributed by atoms with van der Waals surface area (Å²) in [6.45, 7) is 2.17. The third-order valence-electron chi connectivity index (χ3n) is 2.58. The highest BCUT2D eigenvalue weighted by Gasteiger charge is 2.18. The van der Waals surface area contributed by atoms with Gasteiger partial charge in [0.25, 0.3) is 0 Å². The van der Waals surface area contributed by atoms with Gasteiger partial charge in [-0.15, -0.1) is 0 Å². The fourth-order valence-corrected chi connectivity index (χ4v) is 4.56. The molecule has 0 aromatic heterocycles. The van der Waals surface area contributed by atoms with Gasteiger partial charge >= 0.3 is 0 Å². The molecule has 0 N–H and O–H groups in total. The first-order chi connectivity index (χ1) is 7.75. The van der Waals surface area contributed by atoms with Gasteiger partial charge in [-0.25, -0.2) is 0 Å². The van der Waals surface area contributed by atoms with Gasteiger partial charge in [-0.3, -0.25) is 0 Å². The van der Waals surface area contributed by atoms with E-state index < -0.39 is 0 Å². The Morgan fingerprint density at radius 2 is 1.56 bits per heavy atom. The average Bonchev–Trinajstić information content (AvgIpc) is 2.32. The number of rotatable bonds is 0. The SMILES string of the molecule is Cc1c(Br)ccc2c1Sc1ccccc1S2. The lowest BCUT2D eigenvalue weighted by Gasteiger charge is -2.20. The van der Waals surface area contributed by atoms with Gasteiger partial charge in [0, 0.05) is 24.1 Å². The highest BCUT2D eigenvalue weighted by molar-refractivity contribution is 9.10. The zero-order valence-electron chi connectivity index (χ0n) is 8.66. The predicted molar refractivity (Wildman–Crippen MR) is 73.6 cm³/mol. The van der Waals surface area contributed by atoms with Crippen molar-refractivity contribution in [2.45, 2.75) is 26.5 Å². The van der Waals surface area contributed by atoms with E-state index in [-0.39, 0.29) is 0 Å². The number of benzene rings is 2. The van der Waals surface area contributed by atoms with E-state index in [9.17, 15) is 0 Å². The number of fused-ring (bicyclic) bond motifs is 2. The van der Waals surface area contributed by atoms with Gasteiger partial charge in [-0.1, -0.05) is 51.6 Å². The van der Waals surface area contributed by atoms with Crippen LogP contribution in [0.1, 0.15) is 5.56 Å². The monoisotopic (exact) mass is 308 g/mol. The van der Waals surface area contributed by atoms with Crippen LogP contribution in [0.5, 0.6) is 0 Å². The minimum atomic E-state index is 1.19. The summed E-state index contributed by atoms with van der Waals surface area (Å²) in [4.78, 5) is 5.48. The first-order valence-electron chi connectivity index (χ1n) is 4.99. The summed E-state index contributed by atoms with van der Waals surface area (Å²) >= 11 is 7.33. The van der Waals surface area contributed by atoms with Crippen LogP contribution in [0.3, 0.4) is 0 Å². The van der Waals surface area contributed by atoms with E-state index in [4.69, 9.17) is 0 Å². The average molecular weight is 309 g/mol. The van der Waals surface area contributed by atoms with E-state index in [0.717, 1.165) is 0 Å². The summed E-state index contributed by atoms with van der Waals surface area (Å²) in [6.07, 6.45) is 0. The number of halogens is 1. The second kappa shape index (κ2) is 4.13. The minimum absolute atomic E-state index is 1.19. The molecule has 80 valence electrons. The van der Waals surface area contributed by atoms with Crippen molar-refractivity contribution < 1.29 is 0 Å². The van der Waals surface area contributed by atoms with E-state index in [2.05, 4.69) is 59.3 Å². The Kier molecular flexibility index (Phi) is 2.78. The van der Waals surface area contributed by atoms with E-state index in [0.29, 0.717) is 0 Å². The smallest absolute Gasteiger partial charge is 0.0302 e. The van der Waals surface area contributed by atoms with Crippen LogP contribution < -0.4 is 0 Å². The molecule has 0 saturated heterocycles. The molecule has 0 fully saturated rings. The Balaban J connectivity index is 2.16. The molecule has 2 aromatic carbocycles. The van der Waals surface area contributed by atoms with Crippen molar-refractivity contribution in [3.63, 3.8) is 0 Å². The molecule has 16 heavy (non-hydrogen) atoms. The molecule has 0 aliphatic carbocycles. The highest BCUT2D eigenvalue weighted by Crippen LogP contribution is 2.50. The van der Waals surface area contributed by atoms with Crippen molar-refractivity contribution in [3.8, 4) is 0 Å². The summed E-state index contributed by atoms with van der Waals surface area (Å²) in [7, 11) is 0. The number of hydrogen-bond acceptors (Lipinski definition) is 2. The molecule has 0 spiro atoms. The zero-order valence-corrected chi connectivity index (χ0v) is 11.9. The minimum Gasteiger partial charge on any atom is -0.0877 e. The van der Waals surface area contributed by atoms with E-state index in [1.54, 1.807) is 0 Å². The van der Waals surface area contributed by atoms with E-state index in [1.165, 1.54) is 29.6 Å². The lowest BCUT2D eigenvalue weighted by Crippen LogP contribution is -1.92. The Labute approximate surface area is 112 Å². The van der Waals surface area contributed by atoms with Crippen LogP contribution in [-0.4, -0.2) is 0 Å². The second-order valence-electron chi connectivity index (χ2n) is 3.65. The molecular weight excluding hydrogens is 300 g/mol. The molecule has 2 aromatic rings. The molecule has 0 amide bonds. The Hall–Kier alpha value is -0.380. The Morgan fingerprint density at radius 1 is 0.875 bits per heavy atom. The predicted octanol–water partition coefficient (Wildman–Crippen LogP) is 5.37. The summed E-state index contributed by atoms with van der Waals surface area (Å²) in [5.41, 5.74) is 1.34. The van der Waals surface area contributed by atoms with Gasteiger partial charge in [0.05, 0.1) is 0 Å². The first-order valence-corrected chi connectivity index (χ1v) is 7.42. The summed E-state index contributed by atoms with van der Waals surface area (Å²) in [6, 6.07) is 12.9. The molecule has 3 rings (SSSR count). The molecule has 0 saturated carbocycles. The quantitative estimate of drug-likeness (QED) is 0.547. The van der Waals surface area contributed by atoms with Gasteiger partial charge < -0.3 is 0 Å². The molecule has 3 heteroatoms. The molecule has 1 aliphatic rings. The molecule has 0 atom stereocenters. The first kappa shape index (κ1) is 10.8. The van der Waals surface area contributed by atoms with Crippen LogP contribution in [-0.2, 0) is 0 Å². The van der Waals surface area contributed by atoms with Gasteiger partial charge in [-0.2, -0.15) is 0 Å². The van der Waals surface area contributed by atoms with Crippen LogP contribution in [0.15, 0.2) is 60.5 Å². The largest absolute Gasteiger partial charge is 0.0877 e.